The molecule has 0 aliphatic rings. The fourth-order valence-electron chi connectivity index (χ4n) is 4.64. The smallest absolute Gasteiger partial charge is 0.197 e. The van der Waals surface area contributed by atoms with Crippen molar-refractivity contribution in [3.63, 3.8) is 0 Å². The second-order valence-electron chi connectivity index (χ2n) is 8.32. The van der Waals surface area contributed by atoms with Crippen LogP contribution in [0.3, 0.4) is 0 Å². The van der Waals surface area contributed by atoms with Crippen LogP contribution < -0.4 is 10.9 Å². The van der Waals surface area contributed by atoms with Crippen molar-refractivity contribution in [3.05, 3.63) is 98.1 Å². The maximum atomic E-state index is 13.6. The molecule has 6 nitrogen and oxygen atoms in total. The highest BCUT2D eigenvalue weighted by molar-refractivity contribution is 6.03. The number of H-pyrrole nitrogens is 2. The van der Waals surface area contributed by atoms with E-state index < -0.39 is 0 Å². The third-order valence-corrected chi connectivity index (χ3v) is 6.16. The molecule has 0 bridgehead atoms. The Kier molecular flexibility index (Phi) is 3.86. The Morgan fingerprint density at radius 1 is 0.750 bits per heavy atom. The van der Waals surface area contributed by atoms with Gasteiger partial charge in [0.15, 0.2) is 10.9 Å². The number of pyridine rings is 2. The summed E-state index contributed by atoms with van der Waals surface area (Å²) in [5, 5.41) is 6.94. The second kappa shape index (κ2) is 6.65. The van der Waals surface area contributed by atoms with Gasteiger partial charge in [0.2, 0.25) is 0 Å². The molecule has 0 saturated heterocycles. The van der Waals surface area contributed by atoms with Gasteiger partial charge in [0.05, 0.1) is 34.2 Å². The summed E-state index contributed by atoms with van der Waals surface area (Å²) in [6.45, 7) is 4.49. The molecule has 32 heavy (non-hydrogen) atoms. The van der Waals surface area contributed by atoms with Crippen molar-refractivity contribution in [2.75, 3.05) is 0 Å². The summed E-state index contributed by atoms with van der Waals surface area (Å²) in [7, 11) is 0. The minimum absolute atomic E-state index is 0.0459. The lowest BCUT2D eigenvalue weighted by Crippen LogP contribution is -2.12. The first-order chi connectivity index (χ1) is 15.5. The summed E-state index contributed by atoms with van der Waals surface area (Å²) in [5.74, 6) is 0. The number of hydrogen-bond donors (Lipinski definition) is 2. The molecule has 3 heterocycles. The van der Waals surface area contributed by atoms with Crippen LogP contribution in [0, 0.1) is 13.8 Å². The van der Waals surface area contributed by atoms with Crippen LogP contribution in [0.2, 0.25) is 0 Å². The quantitative estimate of drug-likeness (QED) is 0.404. The maximum Gasteiger partial charge on any atom is 0.197 e. The Bertz CT molecular complexity index is 1820. The molecule has 0 aliphatic heterocycles. The van der Waals surface area contributed by atoms with E-state index in [1.54, 1.807) is 12.1 Å². The highest BCUT2D eigenvalue weighted by Crippen LogP contribution is 2.23. The molecule has 0 unspecified atom stereocenters. The van der Waals surface area contributed by atoms with Gasteiger partial charge in [-0.25, -0.2) is 0 Å². The third kappa shape index (κ3) is 2.69. The van der Waals surface area contributed by atoms with E-state index in [0.717, 1.165) is 28.0 Å². The number of para-hydroxylation sites is 1. The highest BCUT2D eigenvalue weighted by atomic mass is 16.1. The van der Waals surface area contributed by atoms with Gasteiger partial charge in [-0.15, -0.1) is 0 Å². The molecular weight excluding hydrogens is 400 g/mol. The summed E-state index contributed by atoms with van der Waals surface area (Å²) in [6, 6.07) is 18.8. The number of nitrogens with zero attached hydrogens (tertiary/aromatic N) is 2. The minimum atomic E-state index is -0.0539. The SMILES string of the molecule is Cc1cc(C)n(Cc2cccc3[nH]c4cc5c(=O)c6ccccc6[nH]c5cc4c(=O)c23)n1. The molecule has 0 saturated carbocycles. The molecule has 6 heteroatoms. The van der Waals surface area contributed by atoms with Gasteiger partial charge in [-0.3, -0.25) is 14.3 Å². The van der Waals surface area contributed by atoms with E-state index in [-0.39, 0.29) is 10.9 Å². The average molecular weight is 420 g/mol. The van der Waals surface area contributed by atoms with Crippen LogP contribution in [0.4, 0.5) is 0 Å². The first kappa shape index (κ1) is 18.6. The van der Waals surface area contributed by atoms with Gasteiger partial charge in [0.1, 0.15) is 0 Å². The Hall–Kier alpha value is -4.19. The van der Waals surface area contributed by atoms with Crippen LogP contribution in [-0.2, 0) is 6.54 Å². The van der Waals surface area contributed by atoms with Gasteiger partial charge in [-0.1, -0.05) is 24.3 Å². The van der Waals surface area contributed by atoms with Crippen molar-refractivity contribution in [1.82, 2.24) is 19.7 Å². The van der Waals surface area contributed by atoms with Crippen LogP contribution >= 0.6 is 0 Å². The summed E-state index contributed by atoms with van der Waals surface area (Å²) in [5.41, 5.74) is 5.61. The molecule has 0 aliphatic carbocycles. The van der Waals surface area contributed by atoms with E-state index in [4.69, 9.17) is 0 Å². The number of aromatic amines is 2. The number of hydrogen-bond acceptors (Lipinski definition) is 3. The highest BCUT2D eigenvalue weighted by Gasteiger charge is 2.14. The predicted octanol–water partition coefficient (Wildman–Crippen LogP) is 4.54. The predicted molar refractivity (Wildman–Crippen MR) is 129 cm³/mol. The normalized spacial score (nSPS) is 11.8. The van der Waals surface area contributed by atoms with Crippen LogP contribution in [-0.4, -0.2) is 19.7 Å². The summed E-state index contributed by atoms with van der Waals surface area (Å²) >= 11 is 0. The maximum absolute atomic E-state index is 13.6. The molecule has 0 fully saturated rings. The molecule has 0 amide bonds. The molecule has 0 radical (unpaired) electrons. The van der Waals surface area contributed by atoms with Crippen molar-refractivity contribution >= 4 is 43.6 Å². The first-order valence-electron chi connectivity index (χ1n) is 10.5. The lowest BCUT2D eigenvalue weighted by atomic mass is 10.0. The number of fused-ring (bicyclic) bond motifs is 4. The molecule has 6 rings (SSSR count). The lowest BCUT2D eigenvalue weighted by molar-refractivity contribution is 0.662. The van der Waals surface area contributed by atoms with Crippen LogP contribution in [0.25, 0.3) is 43.6 Å². The topological polar surface area (TPSA) is 83.5 Å². The van der Waals surface area contributed by atoms with E-state index in [2.05, 4.69) is 15.1 Å². The molecule has 156 valence electrons. The first-order valence-corrected chi connectivity index (χ1v) is 10.5. The zero-order valence-electron chi connectivity index (χ0n) is 17.7. The van der Waals surface area contributed by atoms with Crippen molar-refractivity contribution in [3.8, 4) is 0 Å². The van der Waals surface area contributed by atoms with Gasteiger partial charge in [-0.05, 0) is 55.8 Å². The summed E-state index contributed by atoms with van der Waals surface area (Å²) in [4.78, 5) is 33.4. The molecule has 0 atom stereocenters. The number of aromatic nitrogens is 4. The Morgan fingerprint density at radius 2 is 1.44 bits per heavy atom. The van der Waals surface area contributed by atoms with Crippen molar-refractivity contribution in [1.29, 1.82) is 0 Å². The Balaban J connectivity index is 1.66. The van der Waals surface area contributed by atoms with Gasteiger partial charge in [0, 0.05) is 27.4 Å². The fraction of sp³-hybridized carbons (Fsp3) is 0.115. The minimum Gasteiger partial charge on any atom is -0.354 e. The van der Waals surface area contributed by atoms with Crippen molar-refractivity contribution in [2.45, 2.75) is 20.4 Å². The van der Waals surface area contributed by atoms with Crippen molar-refractivity contribution in [2.24, 2.45) is 0 Å². The van der Waals surface area contributed by atoms with Crippen LogP contribution in [0.15, 0.2) is 70.3 Å². The Morgan fingerprint density at radius 3 is 2.19 bits per heavy atom. The molecular formula is C26H20N4O2. The molecule has 6 aromatic rings. The zero-order valence-corrected chi connectivity index (χ0v) is 17.7. The molecule has 3 aromatic heterocycles. The van der Waals surface area contributed by atoms with Gasteiger partial charge >= 0.3 is 0 Å². The molecule has 0 spiro atoms. The zero-order chi connectivity index (χ0) is 22.0. The van der Waals surface area contributed by atoms with Gasteiger partial charge in [0.25, 0.3) is 0 Å². The lowest BCUT2D eigenvalue weighted by Gasteiger charge is -2.11. The number of rotatable bonds is 2. The van der Waals surface area contributed by atoms with E-state index in [1.807, 2.05) is 67.1 Å². The fourth-order valence-corrected chi connectivity index (χ4v) is 4.64. The Labute approximate surface area is 182 Å². The number of nitrogens with one attached hydrogen (secondary N) is 2. The van der Waals surface area contributed by atoms with Crippen LogP contribution in [0.1, 0.15) is 17.0 Å². The number of aryl methyl sites for hydroxylation is 2. The monoisotopic (exact) mass is 420 g/mol. The second-order valence-corrected chi connectivity index (χ2v) is 8.32. The third-order valence-electron chi connectivity index (χ3n) is 6.16. The van der Waals surface area contributed by atoms with Gasteiger partial charge < -0.3 is 9.97 Å². The van der Waals surface area contributed by atoms with E-state index >= 15 is 0 Å². The largest absolute Gasteiger partial charge is 0.354 e. The van der Waals surface area contributed by atoms with Crippen LogP contribution in [0.5, 0.6) is 0 Å². The molecule has 2 N–H and O–H groups in total. The number of benzene rings is 3. The average Bonchev–Trinajstić information content (AvgIpc) is 3.10. The van der Waals surface area contributed by atoms with E-state index in [1.165, 1.54) is 0 Å². The molecule has 3 aromatic carbocycles. The van der Waals surface area contributed by atoms with Gasteiger partial charge in [-0.2, -0.15) is 5.10 Å². The summed E-state index contributed by atoms with van der Waals surface area (Å²) in [6.07, 6.45) is 0. The van der Waals surface area contributed by atoms with E-state index in [0.29, 0.717) is 39.1 Å². The van der Waals surface area contributed by atoms with Crippen molar-refractivity contribution < 1.29 is 0 Å². The standard InChI is InChI=1S/C26H20N4O2/c1-14-10-15(2)30(29-14)13-16-6-5-9-21-24(16)26(32)19-12-22-18(11-23(19)28-21)25(31)17-7-3-4-8-20(17)27-22/h3-12H,13H2,1-2H3,(H,27,31)(H,28,32). The van der Waals surface area contributed by atoms with E-state index in [9.17, 15) is 9.59 Å². The summed E-state index contributed by atoms with van der Waals surface area (Å²) < 4.78 is 1.91.